The predicted molar refractivity (Wildman–Crippen MR) is 92.0 cm³/mol. The topological polar surface area (TPSA) is 43.4 Å². The summed E-state index contributed by atoms with van der Waals surface area (Å²) in [6.07, 6.45) is 5.04. The van der Waals surface area contributed by atoms with E-state index < -0.39 is 0 Å². The molecular formula is C18H25BrO3. The van der Waals surface area contributed by atoms with E-state index in [1.54, 1.807) is 0 Å². The molecule has 122 valence electrons. The van der Waals surface area contributed by atoms with Crippen molar-refractivity contribution < 1.29 is 14.3 Å². The number of Topliss-reactive ketones (excluding diaryl/α,β-unsaturated/α-hetero) is 1. The number of esters is 1. The summed E-state index contributed by atoms with van der Waals surface area (Å²) in [4.78, 5) is 23.7. The minimum Gasteiger partial charge on any atom is -0.466 e. The van der Waals surface area contributed by atoms with Crippen LogP contribution in [0.2, 0.25) is 0 Å². The van der Waals surface area contributed by atoms with E-state index in [2.05, 4.69) is 15.9 Å². The first-order chi connectivity index (χ1) is 10.6. The largest absolute Gasteiger partial charge is 0.466 e. The van der Waals surface area contributed by atoms with Crippen LogP contribution in [0.3, 0.4) is 0 Å². The van der Waals surface area contributed by atoms with Gasteiger partial charge in [-0.15, -0.1) is 0 Å². The van der Waals surface area contributed by atoms with Gasteiger partial charge in [0.1, 0.15) is 0 Å². The number of carbonyl (C=O) groups excluding carboxylic acids is 2. The number of unbranched alkanes of at least 4 members (excludes halogenated alkanes) is 2. The maximum Gasteiger partial charge on any atom is 0.308 e. The second-order valence-corrected chi connectivity index (χ2v) is 6.30. The number of ketones is 1. The van der Waals surface area contributed by atoms with Crippen LogP contribution in [0.4, 0.5) is 0 Å². The van der Waals surface area contributed by atoms with Gasteiger partial charge in [0.25, 0.3) is 0 Å². The lowest BCUT2D eigenvalue weighted by molar-refractivity contribution is -0.148. The van der Waals surface area contributed by atoms with Crippen molar-refractivity contribution in [2.24, 2.45) is 5.92 Å². The summed E-state index contributed by atoms with van der Waals surface area (Å²) in [7, 11) is 0. The number of benzene rings is 1. The Kier molecular flexibility index (Phi) is 9.05. The molecular weight excluding hydrogens is 344 g/mol. The Labute approximate surface area is 141 Å². The van der Waals surface area contributed by atoms with E-state index >= 15 is 0 Å². The Hall–Kier alpha value is -1.16. The van der Waals surface area contributed by atoms with E-state index in [4.69, 9.17) is 4.74 Å². The molecule has 1 atom stereocenters. The number of hydrogen-bond acceptors (Lipinski definition) is 3. The maximum atomic E-state index is 12.0. The summed E-state index contributed by atoms with van der Waals surface area (Å²) in [6, 6.07) is 7.47. The average molecular weight is 369 g/mol. The van der Waals surface area contributed by atoms with E-state index in [0.29, 0.717) is 13.0 Å². The van der Waals surface area contributed by atoms with Gasteiger partial charge in [0.15, 0.2) is 5.78 Å². The fourth-order valence-corrected chi connectivity index (χ4v) is 2.65. The Morgan fingerprint density at radius 3 is 2.36 bits per heavy atom. The van der Waals surface area contributed by atoms with Gasteiger partial charge in [0.2, 0.25) is 0 Å². The summed E-state index contributed by atoms with van der Waals surface area (Å²) in [5, 5.41) is 0. The molecule has 0 bridgehead atoms. The van der Waals surface area contributed by atoms with Crippen molar-refractivity contribution in [1.82, 2.24) is 0 Å². The van der Waals surface area contributed by atoms with Gasteiger partial charge >= 0.3 is 5.97 Å². The molecule has 0 aliphatic carbocycles. The highest BCUT2D eigenvalue weighted by Gasteiger charge is 2.16. The van der Waals surface area contributed by atoms with E-state index in [-0.39, 0.29) is 17.7 Å². The molecule has 0 N–H and O–H groups in total. The molecule has 0 amide bonds. The standard InChI is InChI=1S/C18H25BrO3/c1-3-14(18(21)22-4-2)8-6-5-7-9-17(20)15-10-12-16(19)13-11-15/h10-14H,3-9H2,1-2H3. The molecule has 0 aromatic heterocycles. The van der Waals surface area contributed by atoms with Crippen LogP contribution in [-0.4, -0.2) is 18.4 Å². The molecule has 0 saturated carbocycles. The van der Waals surface area contributed by atoms with Crippen LogP contribution in [0, 0.1) is 5.92 Å². The third-order valence-corrected chi connectivity index (χ3v) is 4.26. The van der Waals surface area contributed by atoms with Gasteiger partial charge in [0, 0.05) is 16.5 Å². The molecule has 22 heavy (non-hydrogen) atoms. The lowest BCUT2D eigenvalue weighted by Gasteiger charge is -2.12. The highest BCUT2D eigenvalue weighted by Crippen LogP contribution is 2.17. The summed E-state index contributed by atoms with van der Waals surface area (Å²) in [6.45, 7) is 4.29. The molecule has 1 aromatic carbocycles. The normalized spacial score (nSPS) is 12.0. The number of carbonyl (C=O) groups is 2. The molecule has 0 radical (unpaired) electrons. The van der Waals surface area contributed by atoms with Crippen LogP contribution in [0.1, 0.15) is 62.7 Å². The van der Waals surface area contributed by atoms with Gasteiger partial charge in [0.05, 0.1) is 12.5 Å². The highest BCUT2D eigenvalue weighted by molar-refractivity contribution is 9.10. The minimum atomic E-state index is -0.0871. The first-order valence-corrected chi connectivity index (χ1v) is 8.83. The van der Waals surface area contributed by atoms with Gasteiger partial charge in [-0.2, -0.15) is 0 Å². The van der Waals surface area contributed by atoms with E-state index in [9.17, 15) is 9.59 Å². The van der Waals surface area contributed by atoms with Crippen molar-refractivity contribution in [3.8, 4) is 0 Å². The van der Waals surface area contributed by atoms with Crippen LogP contribution in [0.15, 0.2) is 28.7 Å². The fourth-order valence-electron chi connectivity index (χ4n) is 2.38. The molecule has 1 unspecified atom stereocenters. The fraction of sp³-hybridized carbons (Fsp3) is 0.556. The Morgan fingerprint density at radius 2 is 1.77 bits per heavy atom. The monoisotopic (exact) mass is 368 g/mol. The summed E-state index contributed by atoms with van der Waals surface area (Å²) in [5.74, 6) is 0.1000. The molecule has 0 spiro atoms. The van der Waals surface area contributed by atoms with Gasteiger partial charge in [-0.1, -0.05) is 47.8 Å². The molecule has 0 aliphatic heterocycles. The molecule has 0 aliphatic rings. The van der Waals surface area contributed by atoms with Crippen LogP contribution >= 0.6 is 15.9 Å². The highest BCUT2D eigenvalue weighted by atomic mass is 79.9. The molecule has 0 fully saturated rings. The molecule has 0 heterocycles. The Balaban J connectivity index is 2.23. The lowest BCUT2D eigenvalue weighted by atomic mass is 9.97. The molecule has 1 rings (SSSR count). The van der Waals surface area contributed by atoms with Gasteiger partial charge < -0.3 is 4.74 Å². The van der Waals surface area contributed by atoms with Crippen molar-refractivity contribution in [2.45, 2.75) is 52.4 Å². The van der Waals surface area contributed by atoms with Crippen molar-refractivity contribution in [3.63, 3.8) is 0 Å². The molecule has 4 heteroatoms. The Morgan fingerprint density at radius 1 is 1.09 bits per heavy atom. The third-order valence-electron chi connectivity index (χ3n) is 3.74. The second kappa shape index (κ2) is 10.5. The summed E-state index contributed by atoms with van der Waals surface area (Å²) < 4.78 is 6.04. The van der Waals surface area contributed by atoms with Crippen LogP contribution in [0.25, 0.3) is 0 Å². The van der Waals surface area contributed by atoms with Crippen molar-refractivity contribution in [3.05, 3.63) is 34.3 Å². The number of ether oxygens (including phenoxy) is 1. The van der Waals surface area contributed by atoms with Crippen molar-refractivity contribution in [2.75, 3.05) is 6.61 Å². The van der Waals surface area contributed by atoms with E-state index in [1.807, 2.05) is 38.1 Å². The quantitative estimate of drug-likeness (QED) is 0.325. The summed E-state index contributed by atoms with van der Waals surface area (Å²) in [5.41, 5.74) is 0.765. The molecule has 0 saturated heterocycles. The van der Waals surface area contributed by atoms with E-state index in [0.717, 1.165) is 42.1 Å². The van der Waals surface area contributed by atoms with Crippen molar-refractivity contribution >= 4 is 27.7 Å². The van der Waals surface area contributed by atoms with Crippen LogP contribution in [0.5, 0.6) is 0 Å². The Bertz CT molecular complexity index is 468. The third kappa shape index (κ3) is 6.73. The number of hydrogen-bond donors (Lipinski definition) is 0. The molecule has 1 aromatic rings. The zero-order valence-corrected chi connectivity index (χ0v) is 15.0. The summed E-state index contributed by atoms with van der Waals surface area (Å²) >= 11 is 3.36. The van der Waals surface area contributed by atoms with Gasteiger partial charge in [-0.05, 0) is 38.3 Å². The van der Waals surface area contributed by atoms with Crippen LogP contribution < -0.4 is 0 Å². The second-order valence-electron chi connectivity index (χ2n) is 5.39. The SMILES string of the molecule is CCOC(=O)C(CC)CCCCCC(=O)c1ccc(Br)cc1. The van der Waals surface area contributed by atoms with Gasteiger partial charge in [-0.3, -0.25) is 9.59 Å². The van der Waals surface area contributed by atoms with Gasteiger partial charge in [-0.25, -0.2) is 0 Å². The smallest absolute Gasteiger partial charge is 0.308 e. The molecule has 3 nitrogen and oxygen atoms in total. The van der Waals surface area contributed by atoms with Crippen molar-refractivity contribution in [1.29, 1.82) is 0 Å². The van der Waals surface area contributed by atoms with Crippen LogP contribution in [-0.2, 0) is 9.53 Å². The van der Waals surface area contributed by atoms with E-state index in [1.165, 1.54) is 0 Å². The first kappa shape index (κ1) is 18.9. The zero-order chi connectivity index (χ0) is 16.4. The number of rotatable bonds is 10. The lowest BCUT2D eigenvalue weighted by Crippen LogP contribution is -2.17. The average Bonchev–Trinajstić information content (AvgIpc) is 2.51. The maximum absolute atomic E-state index is 12.0. The minimum absolute atomic E-state index is 0.00197. The number of halogens is 1. The predicted octanol–water partition coefficient (Wildman–Crippen LogP) is 5.17. The zero-order valence-electron chi connectivity index (χ0n) is 13.4. The first-order valence-electron chi connectivity index (χ1n) is 8.03.